The van der Waals surface area contributed by atoms with Gasteiger partial charge >= 0.3 is 0 Å². The molecule has 0 spiro atoms. The van der Waals surface area contributed by atoms with Crippen molar-refractivity contribution in [1.29, 1.82) is 0 Å². The van der Waals surface area contributed by atoms with E-state index in [1.165, 1.54) is 12.1 Å². The van der Waals surface area contributed by atoms with Crippen molar-refractivity contribution < 1.29 is 14.7 Å². The van der Waals surface area contributed by atoms with Crippen molar-refractivity contribution >= 4 is 11.8 Å². The van der Waals surface area contributed by atoms with Crippen LogP contribution in [0, 0.1) is 6.92 Å². The quantitative estimate of drug-likeness (QED) is 0.570. The molecule has 1 aromatic rings. The minimum Gasteiger partial charge on any atom is -0.508 e. The molecule has 1 aromatic carbocycles. The zero-order valence-corrected chi connectivity index (χ0v) is 6.92. The summed E-state index contributed by atoms with van der Waals surface area (Å²) in [5.74, 6) is -0.818. The topological polar surface area (TPSA) is 66.4 Å². The van der Waals surface area contributed by atoms with Gasteiger partial charge in [-0.3, -0.25) is 14.9 Å². The van der Waals surface area contributed by atoms with Crippen LogP contribution in [0.25, 0.3) is 0 Å². The molecule has 4 heteroatoms. The summed E-state index contributed by atoms with van der Waals surface area (Å²) in [5.41, 5.74) is 1.16. The van der Waals surface area contributed by atoms with Crippen molar-refractivity contribution in [3.8, 4) is 5.75 Å². The Morgan fingerprint density at radius 3 is 2.31 bits per heavy atom. The Morgan fingerprint density at radius 2 is 1.69 bits per heavy atom. The molecule has 2 amide bonds. The first-order valence-electron chi connectivity index (χ1n) is 3.79. The van der Waals surface area contributed by atoms with Gasteiger partial charge < -0.3 is 5.11 Å². The maximum Gasteiger partial charge on any atom is 0.259 e. The van der Waals surface area contributed by atoms with Gasteiger partial charge in [-0.25, -0.2) is 0 Å². The predicted molar refractivity (Wildman–Crippen MR) is 44.6 cm³/mol. The second-order valence-corrected chi connectivity index (χ2v) is 2.97. The van der Waals surface area contributed by atoms with Crippen LogP contribution < -0.4 is 5.32 Å². The Hall–Kier alpha value is -1.84. The van der Waals surface area contributed by atoms with Gasteiger partial charge in [0, 0.05) is 0 Å². The molecule has 1 aliphatic rings. The van der Waals surface area contributed by atoms with E-state index >= 15 is 0 Å². The van der Waals surface area contributed by atoms with Gasteiger partial charge in [0.05, 0.1) is 11.1 Å². The van der Waals surface area contributed by atoms with E-state index in [0.29, 0.717) is 11.1 Å². The van der Waals surface area contributed by atoms with Crippen LogP contribution in [0.15, 0.2) is 12.1 Å². The van der Waals surface area contributed by atoms with E-state index in [-0.39, 0.29) is 11.3 Å². The predicted octanol–water partition coefficient (Wildman–Crippen LogP) is 0.584. The molecule has 0 unspecified atom stereocenters. The van der Waals surface area contributed by atoms with Crippen LogP contribution in [0.3, 0.4) is 0 Å². The van der Waals surface area contributed by atoms with Gasteiger partial charge in [-0.15, -0.1) is 0 Å². The first kappa shape index (κ1) is 7.79. The van der Waals surface area contributed by atoms with Gasteiger partial charge in [-0.05, 0) is 24.6 Å². The normalized spacial score (nSPS) is 14.2. The average Bonchev–Trinajstić information content (AvgIpc) is 2.31. The maximum atomic E-state index is 11.1. The molecule has 13 heavy (non-hydrogen) atoms. The van der Waals surface area contributed by atoms with Crippen LogP contribution in [0.1, 0.15) is 26.3 Å². The number of amides is 2. The number of benzene rings is 1. The molecule has 2 rings (SSSR count). The molecular weight excluding hydrogens is 170 g/mol. The number of rotatable bonds is 0. The van der Waals surface area contributed by atoms with Crippen molar-refractivity contribution in [2.45, 2.75) is 6.92 Å². The minimum atomic E-state index is -0.449. The molecular formula is C9H7NO3. The summed E-state index contributed by atoms with van der Waals surface area (Å²) in [5, 5.41) is 11.4. The lowest BCUT2D eigenvalue weighted by Crippen LogP contribution is -2.19. The lowest BCUT2D eigenvalue weighted by Gasteiger charge is -1.99. The van der Waals surface area contributed by atoms with E-state index in [0.717, 1.165) is 0 Å². The Kier molecular flexibility index (Phi) is 1.39. The molecule has 0 aromatic heterocycles. The third kappa shape index (κ3) is 0.989. The number of phenols is 1. The van der Waals surface area contributed by atoms with Crippen LogP contribution in [0.5, 0.6) is 5.75 Å². The van der Waals surface area contributed by atoms with E-state index in [1.807, 2.05) is 0 Å². The number of hydrogen-bond acceptors (Lipinski definition) is 3. The first-order chi connectivity index (χ1) is 6.09. The summed E-state index contributed by atoms with van der Waals surface area (Å²) in [6, 6.07) is 2.82. The van der Waals surface area contributed by atoms with Crippen LogP contribution in [-0.4, -0.2) is 16.9 Å². The van der Waals surface area contributed by atoms with Gasteiger partial charge in [0.15, 0.2) is 0 Å². The lowest BCUT2D eigenvalue weighted by atomic mass is 10.1. The van der Waals surface area contributed by atoms with Crippen LogP contribution >= 0.6 is 0 Å². The van der Waals surface area contributed by atoms with Gasteiger partial charge in [0.25, 0.3) is 11.8 Å². The molecule has 0 saturated carbocycles. The van der Waals surface area contributed by atoms with E-state index < -0.39 is 11.8 Å². The molecule has 0 fully saturated rings. The smallest absolute Gasteiger partial charge is 0.259 e. The van der Waals surface area contributed by atoms with Gasteiger partial charge in [-0.1, -0.05) is 0 Å². The minimum absolute atomic E-state index is 0.0311. The van der Waals surface area contributed by atoms with Crippen molar-refractivity contribution in [1.82, 2.24) is 5.32 Å². The molecule has 1 heterocycles. The van der Waals surface area contributed by atoms with E-state index in [4.69, 9.17) is 0 Å². The molecule has 1 aliphatic heterocycles. The van der Waals surface area contributed by atoms with Gasteiger partial charge in [0.1, 0.15) is 5.75 Å². The Labute approximate surface area is 74.2 Å². The molecule has 0 saturated heterocycles. The fourth-order valence-corrected chi connectivity index (χ4v) is 1.31. The summed E-state index contributed by atoms with van der Waals surface area (Å²) in [6.07, 6.45) is 0. The van der Waals surface area contributed by atoms with Crippen LogP contribution in [0.2, 0.25) is 0 Å². The third-order valence-electron chi connectivity index (χ3n) is 2.05. The molecule has 0 aliphatic carbocycles. The maximum absolute atomic E-state index is 11.1. The third-order valence-corrected chi connectivity index (χ3v) is 2.05. The monoisotopic (exact) mass is 177 g/mol. The highest BCUT2D eigenvalue weighted by molar-refractivity contribution is 6.21. The summed E-state index contributed by atoms with van der Waals surface area (Å²) in [6.45, 7) is 1.67. The lowest BCUT2D eigenvalue weighted by molar-refractivity contribution is 0.0879. The van der Waals surface area contributed by atoms with Crippen molar-refractivity contribution in [3.05, 3.63) is 28.8 Å². The second-order valence-electron chi connectivity index (χ2n) is 2.97. The molecule has 0 radical (unpaired) electrons. The number of fused-ring (bicyclic) bond motifs is 1. The number of nitrogens with one attached hydrogen (secondary N) is 1. The average molecular weight is 177 g/mol. The number of carbonyl (C=O) groups excluding carboxylic acids is 2. The Balaban J connectivity index is 2.72. The summed E-state index contributed by atoms with van der Waals surface area (Å²) in [7, 11) is 0. The molecule has 0 atom stereocenters. The zero-order chi connectivity index (χ0) is 9.59. The number of phenolic OH excluding ortho intramolecular Hbond substituents is 1. The van der Waals surface area contributed by atoms with Gasteiger partial charge in [-0.2, -0.15) is 0 Å². The fourth-order valence-electron chi connectivity index (χ4n) is 1.31. The number of aryl methyl sites for hydroxylation is 1. The van der Waals surface area contributed by atoms with Crippen LogP contribution in [-0.2, 0) is 0 Å². The van der Waals surface area contributed by atoms with Crippen molar-refractivity contribution in [2.24, 2.45) is 0 Å². The molecule has 0 bridgehead atoms. The highest BCUT2D eigenvalue weighted by Gasteiger charge is 2.27. The fraction of sp³-hybridized carbons (Fsp3) is 0.111. The van der Waals surface area contributed by atoms with Gasteiger partial charge in [0.2, 0.25) is 0 Å². The summed E-state index contributed by atoms with van der Waals surface area (Å²) >= 11 is 0. The summed E-state index contributed by atoms with van der Waals surface area (Å²) in [4.78, 5) is 22.2. The van der Waals surface area contributed by atoms with Crippen molar-refractivity contribution in [2.75, 3.05) is 0 Å². The second kappa shape index (κ2) is 2.32. The number of hydrogen-bond donors (Lipinski definition) is 2. The Morgan fingerprint density at radius 1 is 1.15 bits per heavy atom. The standard InChI is InChI=1S/C9H7NO3/c1-4-2-5-6(3-7(4)11)9(13)10-8(5)12/h2-3,11H,1H3,(H,10,12,13). The number of imide groups is 1. The number of carbonyl (C=O) groups is 2. The zero-order valence-electron chi connectivity index (χ0n) is 6.92. The number of aromatic hydroxyl groups is 1. The SMILES string of the molecule is Cc1cc2c(cc1O)C(=O)NC2=O. The molecule has 4 nitrogen and oxygen atoms in total. The van der Waals surface area contributed by atoms with E-state index in [1.54, 1.807) is 6.92 Å². The highest BCUT2D eigenvalue weighted by Crippen LogP contribution is 2.24. The molecule has 2 N–H and O–H groups in total. The Bertz CT molecular complexity index is 384. The van der Waals surface area contributed by atoms with E-state index in [9.17, 15) is 14.7 Å². The van der Waals surface area contributed by atoms with Crippen LogP contribution in [0.4, 0.5) is 0 Å². The molecule has 66 valence electrons. The largest absolute Gasteiger partial charge is 0.508 e. The first-order valence-corrected chi connectivity index (χ1v) is 3.79. The van der Waals surface area contributed by atoms with E-state index in [2.05, 4.69) is 5.32 Å². The van der Waals surface area contributed by atoms with Crippen molar-refractivity contribution in [3.63, 3.8) is 0 Å². The highest BCUT2D eigenvalue weighted by atomic mass is 16.3. The summed E-state index contributed by atoms with van der Waals surface area (Å²) < 4.78 is 0.